The van der Waals surface area contributed by atoms with Crippen LogP contribution in [0.4, 0.5) is 10.2 Å². The second-order valence-corrected chi connectivity index (χ2v) is 7.46. The van der Waals surface area contributed by atoms with Crippen molar-refractivity contribution in [1.29, 1.82) is 0 Å². The van der Waals surface area contributed by atoms with E-state index in [1.165, 1.54) is 23.7 Å². The minimum absolute atomic E-state index is 0.267. The minimum Gasteiger partial charge on any atom is -0.363 e. The summed E-state index contributed by atoms with van der Waals surface area (Å²) in [5, 5.41) is 4.29. The number of hydrogen-bond donors (Lipinski definition) is 1. The van der Waals surface area contributed by atoms with Crippen LogP contribution in [0.3, 0.4) is 0 Å². The van der Waals surface area contributed by atoms with Crippen molar-refractivity contribution in [2.24, 2.45) is 0 Å². The minimum atomic E-state index is -0.267. The summed E-state index contributed by atoms with van der Waals surface area (Å²) in [6.45, 7) is 2.63. The van der Waals surface area contributed by atoms with Gasteiger partial charge in [0.25, 0.3) is 0 Å². The first kappa shape index (κ1) is 17.1. The fraction of sp³-hybridized carbons (Fsp3) is 0.167. The molecule has 132 valence electrons. The van der Waals surface area contributed by atoms with Gasteiger partial charge in [-0.05, 0) is 70.3 Å². The number of rotatable bonds is 5. The third-order valence-corrected chi connectivity index (χ3v) is 5.15. The van der Waals surface area contributed by atoms with Crippen LogP contribution in [0, 0.1) is 5.82 Å². The first-order valence-corrected chi connectivity index (χ1v) is 9.69. The third-order valence-electron chi connectivity index (χ3n) is 3.97. The number of aromatic nitrogens is 4. The zero-order valence-electron chi connectivity index (χ0n) is 13.9. The highest BCUT2D eigenvalue weighted by Gasteiger charge is 2.12. The van der Waals surface area contributed by atoms with Crippen molar-refractivity contribution in [3.63, 3.8) is 0 Å². The summed E-state index contributed by atoms with van der Waals surface area (Å²) >= 11 is 4.84. The van der Waals surface area contributed by atoms with Gasteiger partial charge in [0.1, 0.15) is 22.3 Å². The first-order chi connectivity index (χ1) is 12.6. The van der Waals surface area contributed by atoms with Crippen molar-refractivity contribution >= 4 is 38.9 Å². The number of nitrogens with one attached hydrogen (secondary N) is 1. The van der Waals surface area contributed by atoms with Crippen LogP contribution in [0.15, 0.2) is 47.1 Å². The van der Waals surface area contributed by atoms with E-state index in [9.17, 15) is 4.39 Å². The van der Waals surface area contributed by atoms with Gasteiger partial charge >= 0.3 is 0 Å². The number of hydrogen-bond acceptors (Lipinski definition) is 5. The second-order valence-electron chi connectivity index (χ2n) is 5.71. The lowest BCUT2D eigenvalue weighted by atomic mass is 10.2. The Morgan fingerprint density at radius 1 is 1.15 bits per heavy atom. The summed E-state index contributed by atoms with van der Waals surface area (Å²) in [4.78, 5) is 9.20. The van der Waals surface area contributed by atoms with Gasteiger partial charge in [0.05, 0.1) is 12.2 Å². The predicted molar refractivity (Wildman–Crippen MR) is 105 cm³/mol. The van der Waals surface area contributed by atoms with Gasteiger partial charge in [-0.15, -0.1) is 0 Å². The molecule has 3 heterocycles. The van der Waals surface area contributed by atoms with E-state index in [0.29, 0.717) is 12.4 Å². The molecular formula is C18H15BrFN5S. The lowest BCUT2D eigenvalue weighted by Crippen LogP contribution is -2.04. The predicted octanol–water partition coefficient (Wildman–Crippen LogP) is 4.93. The largest absolute Gasteiger partial charge is 0.363 e. The molecule has 0 atom stereocenters. The molecule has 4 aromatic rings. The maximum atomic E-state index is 13.1. The number of imidazole rings is 1. The Labute approximate surface area is 162 Å². The molecular weight excluding hydrogens is 417 g/mol. The lowest BCUT2D eigenvalue weighted by Gasteiger charge is -2.06. The molecule has 26 heavy (non-hydrogen) atoms. The molecule has 1 N–H and O–H groups in total. The second kappa shape index (κ2) is 7.13. The monoisotopic (exact) mass is 431 g/mol. The maximum absolute atomic E-state index is 13.1. The van der Waals surface area contributed by atoms with Gasteiger partial charge in [0.15, 0.2) is 5.82 Å². The SMILES string of the molecule is CCc1nc2ccc(Br)cn2c1NCc1nc(-c2ccc(F)cc2)ns1. The maximum Gasteiger partial charge on any atom is 0.173 e. The molecule has 0 spiro atoms. The van der Waals surface area contributed by atoms with E-state index in [1.54, 1.807) is 12.1 Å². The molecule has 5 nitrogen and oxygen atoms in total. The van der Waals surface area contributed by atoms with Crippen LogP contribution in [0.25, 0.3) is 17.0 Å². The van der Waals surface area contributed by atoms with Crippen LogP contribution >= 0.6 is 27.5 Å². The van der Waals surface area contributed by atoms with Crippen LogP contribution < -0.4 is 5.32 Å². The first-order valence-electron chi connectivity index (χ1n) is 8.13. The van der Waals surface area contributed by atoms with Gasteiger partial charge in [0.2, 0.25) is 0 Å². The molecule has 0 aliphatic rings. The van der Waals surface area contributed by atoms with Crippen LogP contribution in [-0.2, 0) is 13.0 Å². The molecule has 0 aliphatic heterocycles. The van der Waals surface area contributed by atoms with Crippen molar-refractivity contribution in [3.05, 3.63) is 63.6 Å². The molecule has 0 unspecified atom stereocenters. The molecule has 8 heteroatoms. The zero-order chi connectivity index (χ0) is 18.1. The molecule has 0 aliphatic carbocycles. The molecule has 0 saturated heterocycles. The molecule has 3 aromatic heterocycles. The van der Waals surface area contributed by atoms with Gasteiger partial charge in [-0.2, -0.15) is 4.37 Å². The van der Waals surface area contributed by atoms with E-state index in [-0.39, 0.29) is 5.82 Å². The van der Waals surface area contributed by atoms with Gasteiger partial charge in [-0.25, -0.2) is 14.4 Å². The summed E-state index contributed by atoms with van der Waals surface area (Å²) in [5.74, 6) is 1.31. The Hall–Kier alpha value is -2.32. The summed E-state index contributed by atoms with van der Waals surface area (Å²) in [6.07, 6.45) is 2.83. The van der Waals surface area contributed by atoms with Crippen molar-refractivity contribution in [1.82, 2.24) is 18.7 Å². The lowest BCUT2D eigenvalue weighted by molar-refractivity contribution is 0.628. The fourth-order valence-corrected chi connectivity index (χ4v) is 3.64. The van der Waals surface area contributed by atoms with E-state index in [4.69, 9.17) is 0 Å². The van der Waals surface area contributed by atoms with E-state index >= 15 is 0 Å². The Morgan fingerprint density at radius 3 is 2.73 bits per heavy atom. The van der Waals surface area contributed by atoms with Gasteiger partial charge in [0, 0.05) is 16.2 Å². The molecule has 0 amide bonds. The summed E-state index contributed by atoms with van der Waals surface area (Å²) in [5.41, 5.74) is 2.71. The highest BCUT2D eigenvalue weighted by molar-refractivity contribution is 9.10. The van der Waals surface area contributed by atoms with Crippen molar-refractivity contribution < 1.29 is 4.39 Å². The molecule has 0 fully saturated rings. The number of halogens is 2. The highest BCUT2D eigenvalue weighted by Crippen LogP contribution is 2.23. The number of pyridine rings is 1. The Balaban J connectivity index is 1.57. The van der Waals surface area contributed by atoms with Crippen LogP contribution in [0.2, 0.25) is 0 Å². The molecule has 4 rings (SSSR count). The summed E-state index contributed by atoms with van der Waals surface area (Å²) in [6, 6.07) is 10.2. The average Bonchev–Trinajstić information content (AvgIpc) is 3.24. The standard InChI is InChI=1S/C18H15BrFN5S/c1-2-14-18(25-10-12(19)5-8-15(25)22-14)21-9-16-23-17(24-26-16)11-3-6-13(20)7-4-11/h3-8,10,21H,2,9H2,1H3. The number of fused-ring (bicyclic) bond motifs is 1. The van der Waals surface area contributed by atoms with Crippen LogP contribution in [0.1, 0.15) is 17.6 Å². The Kier molecular flexibility index (Phi) is 4.69. The average molecular weight is 432 g/mol. The number of benzene rings is 1. The topological polar surface area (TPSA) is 55.1 Å². The van der Waals surface area contributed by atoms with Gasteiger partial charge < -0.3 is 5.32 Å². The van der Waals surface area contributed by atoms with Gasteiger partial charge in [-0.1, -0.05) is 6.92 Å². The fourth-order valence-electron chi connectivity index (χ4n) is 2.70. The van der Waals surface area contributed by atoms with Crippen LogP contribution in [-0.4, -0.2) is 18.7 Å². The third kappa shape index (κ3) is 3.34. The Bertz CT molecular complexity index is 1060. The van der Waals surface area contributed by atoms with Crippen molar-refractivity contribution in [2.45, 2.75) is 19.9 Å². The van der Waals surface area contributed by atoms with E-state index in [1.807, 2.05) is 22.7 Å². The number of aryl methyl sites for hydroxylation is 1. The number of anilines is 1. The van der Waals surface area contributed by atoms with Crippen LogP contribution in [0.5, 0.6) is 0 Å². The quantitative estimate of drug-likeness (QED) is 0.486. The summed E-state index contributed by atoms with van der Waals surface area (Å²) < 4.78 is 20.4. The molecule has 0 radical (unpaired) electrons. The smallest absolute Gasteiger partial charge is 0.173 e. The molecule has 0 bridgehead atoms. The number of nitrogens with zero attached hydrogens (tertiary/aromatic N) is 4. The summed E-state index contributed by atoms with van der Waals surface area (Å²) in [7, 11) is 0. The zero-order valence-corrected chi connectivity index (χ0v) is 16.3. The normalized spacial score (nSPS) is 11.2. The van der Waals surface area contributed by atoms with Crippen molar-refractivity contribution in [2.75, 3.05) is 5.32 Å². The van der Waals surface area contributed by atoms with Crippen molar-refractivity contribution in [3.8, 4) is 11.4 Å². The van der Waals surface area contributed by atoms with E-state index in [0.717, 1.165) is 38.6 Å². The van der Waals surface area contributed by atoms with E-state index < -0.39 is 0 Å². The van der Waals surface area contributed by atoms with E-state index in [2.05, 4.69) is 42.5 Å². The molecule has 1 aromatic carbocycles. The highest BCUT2D eigenvalue weighted by atomic mass is 79.9. The Morgan fingerprint density at radius 2 is 1.96 bits per heavy atom. The molecule has 0 saturated carbocycles. The van der Waals surface area contributed by atoms with Gasteiger partial charge in [-0.3, -0.25) is 4.40 Å².